The van der Waals surface area contributed by atoms with Gasteiger partial charge in [0.25, 0.3) is 0 Å². The molecule has 3 amide bonds. The molecule has 0 fully saturated rings. The maximum absolute atomic E-state index is 13.8. The van der Waals surface area contributed by atoms with E-state index in [9.17, 15) is 32.7 Å². The number of nitrogens with zero attached hydrogens (tertiary/aromatic N) is 2. The minimum absolute atomic E-state index is 0.120. The SMILES string of the molecule is NCCN(CCN)C(=O)C[C@@](N)(C(=O)N[C@H](C(N)=O)C(O)c1ccc(C(F)(F)F)cc1)c1cnc2ccccc2c1. The van der Waals surface area contributed by atoms with Gasteiger partial charge in [0.2, 0.25) is 17.7 Å². The van der Waals surface area contributed by atoms with E-state index in [1.807, 2.05) is 0 Å². The molecule has 0 spiro atoms. The molecule has 1 unspecified atom stereocenters. The molecule has 220 valence electrons. The van der Waals surface area contributed by atoms with Crippen LogP contribution in [0.4, 0.5) is 13.2 Å². The average Bonchev–Trinajstić information content (AvgIpc) is 2.94. The zero-order chi connectivity index (χ0) is 30.4. The van der Waals surface area contributed by atoms with Gasteiger partial charge in [0.05, 0.1) is 17.5 Å². The van der Waals surface area contributed by atoms with Gasteiger partial charge in [0.1, 0.15) is 17.7 Å². The van der Waals surface area contributed by atoms with Crippen molar-refractivity contribution in [3.63, 3.8) is 0 Å². The van der Waals surface area contributed by atoms with Crippen LogP contribution in [0.25, 0.3) is 10.9 Å². The summed E-state index contributed by atoms with van der Waals surface area (Å²) < 4.78 is 38.9. The molecule has 0 aliphatic heterocycles. The van der Waals surface area contributed by atoms with Crippen LogP contribution < -0.4 is 28.3 Å². The van der Waals surface area contributed by atoms with Crippen molar-refractivity contribution in [2.75, 3.05) is 26.2 Å². The zero-order valence-corrected chi connectivity index (χ0v) is 22.0. The number of nitrogens with one attached hydrogen (secondary N) is 1. The fraction of sp³-hybridized carbons (Fsp3) is 0.333. The van der Waals surface area contributed by atoms with Crippen molar-refractivity contribution in [2.24, 2.45) is 22.9 Å². The van der Waals surface area contributed by atoms with Crippen molar-refractivity contribution in [3.8, 4) is 0 Å². The minimum atomic E-state index is -4.62. The Balaban J connectivity index is 1.99. The van der Waals surface area contributed by atoms with E-state index in [4.69, 9.17) is 22.9 Å². The highest BCUT2D eigenvalue weighted by molar-refractivity contribution is 5.96. The summed E-state index contributed by atoms with van der Waals surface area (Å²) in [5.41, 5.74) is 20.8. The summed E-state index contributed by atoms with van der Waals surface area (Å²) >= 11 is 0. The normalized spacial score (nSPS) is 14.6. The molecule has 10 N–H and O–H groups in total. The fourth-order valence-corrected chi connectivity index (χ4v) is 4.29. The largest absolute Gasteiger partial charge is 0.416 e. The topological polar surface area (TPSA) is 204 Å². The number of benzene rings is 2. The monoisotopic (exact) mass is 575 g/mol. The summed E-state index contributed by atoms with van der Waals surface area (Å²) in [7, 11) is 0. The van der Waals surface area contributed by atoms with Crippen molar-refractivity contribution < 1.29 is 32.7 Å². The molecular formula is C27H32F3N7O4. The number of carbonyl (C=O) groups is 3. The van der Waals surface area contributed by atoms with Crippen molar-refractivity contribution in [2.45, 2.75) is 30.3 Å². The number of hydrogen-bond acceptors (Lipinski definition) is 8. The van der Waals surface area contributed by atoms with Gasteiger partial charge in [-0.15, -0.1) is 0 Å². The molecule has 2 aromatic carbocycles. The smallest absolute Gasteiger partial charge is 0.386 e. The van der Waals surface area contributed by atoms with E-state index in [-0.39, 0.29) is 37.3 Å². The minimum Gasteiger partial charge on any atom is -0.386 e. The van der Waals surface area contributed by atoms with Crippen LogP contribution in [-0.2, 0) is 26.1 Å². The van der Waals surface area contributed by atoms with Crippen molar-refractivity contribution in [1.82, 2.24) is 15.2 Å². The summed E-state index contributed by atoms with van der Waals surface area (Å²) in [6.45, 7) is 0.521. The number of rotatable bonds is 12. The number of fused-ring (bicyclic) bond motifs is 1. The molecule has 0 radical (unpaired) electrons. The zero-order valence-electron chi connectivity index (χ0n) is 22.0. The van der Waals surface area contributed by atoms with Gasteiger partial charge in [-0.2, -0.15) is 13.2 Å². The third-order valence-corrected chi connectivity index (χ3v) is 6.58. The summed E-state index contributed by atoms with van der Waals surface area (Å²) in [5.74, 6) is -2.81. The second-order valence-electron chi connectivity index (χ2n) is 9.44. The quantitative estimate of drug-likeness (QED) is 0.176. The first-order valence-electron chi connectivity index (χ1n) is 12.6. The molecule has 14 heteroatoms. The van der Waals surface area contributed by atoms with Gasteiger partial charge in [-0.25, -0.2) is 0 Å². The number of amides is 3. The highest BCUT2D eigenvalue weighted by Crippen LogP contribution is 2.31. The molecule has 41 heavy (non-hydrogen) atoms. The number of carbonyl (C=O) groups excluding carboxylic acids is 3. The predicted molar refractivity (Wildman–Crippen MR) is 144 cm³/mol. The van der Waals surface area contributed by atoms with Gasteiger partial charge < -0.3 is 38.3 Å². The van der Waals surface area contributed by atoms with E-state index in [0.29, 0.717) is 23.0 Å². The number of nitrogens with two attached hydrogens (primary N) is 4. The van der Waals surface area contributed by atoms with Gasteiger partial charge in [0, 0.05) is 43.3 Å². The number of aromatic nitrogens is 1. The Morgan fingerprint density at radius 3 is 2.15 bits per heavy atom. The van der Waals surface area contributed by atoms with Crippen LogP contribution in [0.15, 0.2) is 60.8 Å². The Bertz CT molecular complexity index is 1380. The maximum atomic E-state index is 13.8. The van der Waals surface area contributed by atoms with Crippen molar-refractivity contribution >= 4 is 28.6 Å². The molecule has 1 heterocycles. The van der Waals surface area contributed by atoms with Crippen LogP contribution in [0.1, 0.15) is 29.2 Å². The molecule has 0 saturated heterocycles. The standard InChI is InChI=1S/C27H32F3N7O4/c28-27(29,30)18-7-5-16(6-8-18)23(39)22(24(33)40)36-25(41)26(34,14-21(38)37(11-9-31)12-10-32)19-13-17-3-1-2-4-20(17)35-15-19/h1-8,13,15,22-23,39H,9-12,14,31-32,34H2,(H2,33,40)(H,36,41)/t22-,23?,26-/m0/s1. The fourth-order valence-electron chi connectivity index (χ4n) is 4.29. The summed E-state index contributed by atoms with van der Waals surface area (Å²) in [4.78, 5) is 45.0. The number of aliphatic hydroxyl groups is 1. The van der Waals surface area contributed by atoms with Crippen molar-refractivity contribution in [1.29, 1.82) is 0 Å². The molecule has 0 bridgehead atoms. The first kappa shape index (κ1) is 31.4. The van der Waals surface area contributed by atoms with Crippen LogP contribution in [0, 0.1) is 0 Å². The molecule has 0 aliphatic carbocycles. The number of pyridine rings is 1. The maximum Gasteiger partial charge on any atom is 0.416 e. The molecule has 3 rings (SSSR count). The van der Waals surface area contributed by atoms with Crippen LogP contribution >= 0.6 is 0 Å². The first-order valence-corrected chi connectivity index (χ1v) is 12.6. The van der Waals surface area contributed by atoms with E-state index in [1.165, 1.54) is 11.1 Å². The summed E-state index contributed by atoms with van der Waals surface area (Å²) in [6, 6.07) is 10.1. The lowest BCUT2D eigenvalue weighted by atomic mass is 9.85. The van der Waals surface area contributed by atoms with Crippen LogP contribution in [0.2, 0.25) is 0 Å². The van der Waals surface area contributed by atoms with Gasteiger partial charge in [-0.05, 0) is 29.8 Å². The molecule has 1 aromatic heterocycles. The van der Waals surface area contributed by atoms with Crippen LogP contribution in [0.3, 0.4) is 0 Å². The Hall–Kier alpha value is -4.11. The number of alkyl halides is 3. The van der Waals surface area contributed by atoms with Crippen LogP contribution in [0.5, 0.6) is 0 Å². The lowest BCUT2D eigenvalue weighted by molar-refractivity contribution is -0.139. The first-order chi connectivity index (χ1) is 19.3. The lowest BCUT2D eigenvalue weighted by Gasteiger charge is -2.33. The second kappa shape index (κ2) is 13.0. The molecule has 11 nitrogen and oxygen atoms in total. The number of hydrogen-bond donors (Lipinski definition) is 6. The van der Waals surface area contributed by atoms with E-state index in [2.05, 4.69) is 10.3 Å². The van der Waals surface area contributed by atoms with Crippen molar-refractivity contribution in [3.05, 3.63) is 77.5 Å². The molecule has 0 saturated carbocycles. The number of aliphatic hydroxyl groups excluding tert-OH is 1. The van der Waals surface area contributed by atoms with E-state index in [1.54, 1.807) is 30.3 Å². The molecule has 3 aromatic rings. The third kappa shape index (κ3) is 7.35. The summed E-state index contributed by atoms with van der Waals surface area (Å²) in [6.07, 6.45) is -5.74. The third-order valence-electron chi connectivity index (χ3n) is 6.58. The summed E-state index contributed by atoms with van der Waals surface area (Å²) in [5, 5.41) is 13.7. The Morgan fingerprint density at radius 2 is 1.59 bits per heavy atom. The Labute approximate surface area is 233 Å². The Morgan fingerprint density at radius 1 is 0.976 bits per heavy atom. The number of halogens is 3. The number of primary amides is 1. The van der Waals surface area contributed by atoms with E-state index in [0.717, 1.165) is 12.1 Å². The van der Waals surface area contributed by atoms with Crippen LogP contribution in [-0.4, -0.2) is 64.9 Å². The van der Waals surface area contributed by atoms with Gasteiger partial charge in [0.15, 0.2) is 0 Å². The van der Waals surface area contributed by atoms with Gasteiger partial charge in [-0.1, -0.05) is 30.3 Å². The van der Waals surface area contributed by atoms with Gasteiger partial charge >= 0.3 is 6.18 Å². The number of para-hydroxylation sites is 1. The van der Waals surface area contributed by atoms with E-state index >= 15 is 0 Å². The average molecular weight is 576 g/mol. The Kier molecular flexibility index (Phi) is 9.99. The van der Waals surface area contributed by atoms with E-state index < -0.39 is 53.6 Å². The second-order valence-corrected chi connectivity index (χ2v) is 9.44. The lowest BCUT2D eigenvalue weighted by Crippen LogP contribution is -2.59. The highest BCUT2D eigenvalue weighted by atomic mass is 19.4. The predicted octanol–water partition coefficient (Wildman–Crippen LogP) is 0.247. The molecular weight excluding hydrogens is 543 g/mol. The molecule has 3 atom stereocenters. The highest BCUT2D eigenvalue weighted by Gasteiger charge is 2.43. The van der Waals surface area contributed by atoms with Gasteiger partial charge in [-0.3, -0.25) is 19.4 Å². The molecule has 0 aliphatic rings.